The number of esters is 1. The van der Waals surface area contributed by atoms with Crippen molar-refractivity contribution in [3.8, 4) is 5.75 Å². The standard InChI is InChI=1S/C21H29N3O4/c1-7-27-20(26)17-15(3)24(13-16-11-9-8-10-12-16)18(19(17)25)14(2)22-23-28-21(4,5)6/h8-12,23,25H,7,13H2,1-6H3/b22-14-. The molecule has 0 aliphatic heterocycles. The van der Waals surface area contributed by atoms with E-state index in [1.165, 1.54) is 0 Å². The summed E-state index contributed by atoms with van der Waals surface area (Å²) in [6.45, 7) is 11.6. The summed E-state index contributed by atoms with van der Waals surface area (Å²) in [6.07, 6.45) is 0. The second kappa shape index (κ2) is 8.93. The number of hydrogen-bond acceptors (Lipinski definition) is 6. The van der Waals surface area contributed by atoms with E-state index in [9.17, 15) is 9.90 Å². The monoisotopic (exact) mass is 387 g/mol. The van der Waals surface area contributed by atoms with Crippen LogP contribution in [0.1, 0.15) is 61.9 Å². The third-order valence-electron chi connectivity index (χ3n) is 4.07. The van der Waals surface area contributed by atoms with Gasteiger partial charge in [0.15, 0.2) is 5.75 Å². The quantitative estimate of drug-likeness (QED) is 0.429. The van der Waals surface area contributed by atoms with E-state index in [1.54, 1.807) is 20.8 Å². The molecule has 0 saturated heterocycles. The number of aromatic nitrogens is 1. The van der Waals surface area contributed by atoms with E-state index in [0.717, 1.165) is 5.56 Å². The van der Waals surface area contributed by atoms with E-state index in [2.05, 4.69) is 10.7 Å². The number of hydrogen-bond donors (Lipinski definition) is 2. The van der Waals surface area contributed by atoms with Crippen LogP contribution in [0.2, 0.25) is 0 Å². The second-order valence-electron chi connectivity index (χ2n) is 7.45. The van der Waals surface area contributed by atoms with Gasteiger partial charge < -0.3 is 14.4 Å². The Morgan fingerprint density at radius 1 is 1.25 bits per heavy atom. The molecule has 1 aromatic heterocycles. The zero-order chi connectivity index (χ0) is 20.9. The van der Waals surface area contributed by atoms with Gasteiger partial charge in [0.05, 0.1) is 17.9 Å². The number of carbonyl (C=O) groups is 1. The Bertz CT molecular complexity index is 849. The maximum Gasteiger partial charge on any atom is 0.343 e. The molecule has 0 fully saturated rings. The highest BCUT2D eigenvalue weighted by atomic mass is 16.7. The van der Waals surface area contributed by atoms with Crippen molar-refractivity contribution in [1.82, 2.24) is 10.2 Å². The number of rotatable bonds is 7. The lowest BCUT2D eigenvalue weighted by molar-refractivity contribution is -0.0715. The minimum atomic E-state index is -0.558. The Kier molecular flexibility index (Phi) is 6.85. The fourth-order valence-corrected chi connectivity index (χ4v) is 2.78. The fourth-order valence-electron chi connectivity index (χ4n) is 2.78. The third kappa shape index (κ3) is 5.13. The van der Waals surface area contributed by atoms with Gasteiger partial charge in [-0.25, -0.2) is 4.79 Å². The van der Waals surface area contributed by atoms with Crippen molar-refractivity contribution in [2.75, 3.05) is 6.61 Å². The number of nitrogens with zero attached hydrogens (tertiary/aromatic N) is 2. The minimum Gasteiger partial charge on any atom is -0.505 e. The lowest BCUT2D eigenvalue weighted by Gasteiger charge is -2.18. The van der Waals surface area contributed by atoms with Crippen molar-refractivity contribution < 1.29 is 19.5 Å². The van der Waals surface area contributed by atoms with Gasteiger partial charge in [0.2, 0.25) is 0 Å². The number of ether oxygens (including phenoxy) is 1. The van der Waals surface area contributed by atoms with Gasteiger partial charge in [-0.05, 0) is 47.1 Å². The molecule has 0 spiro atoms. The summed E-state index contributed by atoms with van der Waals surface area (Å²) in [5.74, 6) is -0.706. The third-order valence-corrected chi connectivity index (χ3v) is 4.07. The number of aromatic hydroxyl groups is 1. The highest BCUT2D eigenvalue weighted by Gasteiger charge is 2.27. The van der Waals surface area contributed by atoms with E-state index in [-0.39, 0.29) is 17.9 Å². The Labute approximate surface area is 165 Å². The summed E-state index contributed by atoms with van der Waals surface area (Å²) in [5, 5.41) is 15.0. The SMILES string of the molecule is CCOC(=O)c1c(O)c(/C(C)=N\NOC(C)(C)C)n(Cc2ccccc2)c1C. The molecule has 2 aromatic rings. The molecule has 0 aliphatic carbocycles. The number of hydrazone groups is 1. The molecule has 7 heteroatoms. The minimum absolute atomic E-state index is 0.148. The molecule has 2 rings (SSSR count). The van der Waals surface area contributed by atoms with Crippen molar-refractivity contribution in [3.05, 3.63) is 52.8 Å². The molecule has 152 valence electrons. The molecule has 28 heavy (non-hydrogen) atoms. The second-order valence-corrected chi connectivity index (χ2v) is 7.45. The van der Waals surface area contributed by atoms with Crippen LogP contribution in [0.4, 0.5) is 0 Å². The topological polar surface area (TPSA) is 85.1 Å². The van der Waals surface area contributed by atoms with Crippen LogP contribution in [0.25, 0.3) is 0 Å². The summed E-state index contributed by atoms with van der Waals surface area (Å²) in [4.78, 5) is 17.8. The maximum atomic E-state index is 12.4. The predicted molar refractivity (Wildman–Crippen MR) is 109 cm³/mol. The smallest absolute Gasteiger partial charge is 0.343 e. The average Bonchev–Trinajstić information content (AvgIpc) is 2.85. The molecule has 0 unspecified atom stereocenters. The van der Waals surface area contributed by atoms with Crippen LogP contribution in [0.5, 0.6) is 5.75 Å². The highest BCUT2D eigenvalue weighted by Crippen LogP contribution is 2.31. The van der Waals surface area contributed by atoms with Crippen molar-refractivity contribution in [1.29, 1.82) is 0 Å². The summed E-state index contributed by atoms with van der Waals surface area (Å²) < 4.78 is 6.98. The van der Waals surface area contributed by atoms with E-state index in [0.29, 0.717) is 23.6 Å². The van der Waals surface area contributed by atoms with Crippen molar-refractivity contribution >= 4 is 11.7 Å². The summed E-state index contributed by atoms with van der Waals surface area (Å²) in [6, 6.07) is 9.80. The average molecular weight is 387 g/mol. The van der Waals surface area contributed by atoms with Crippen LogP contribution < -0.4 is 5.59 Å². The van der Waals surface area contributed by atoms with E-state index in [1.807, 2.05) is 55.7 Å². The van der Waals surface area contributed by atoms with Crippen LogP contribution in [-0.4, -0.2) is 33.6 Å². The Balaban J connectivity index is 2.50. The largest absolute Gasteiger partial charge is 0.505 e. The van der Waals surface area contributed by atoms with Crippen molar-refractivity contribution in [2.24, 2.45) is 5.10 Å². The zero-order valence-electron chi connectivity index (χ0n) is 17.4. The van der Waals surface area contributed by atoms with E-state index < -0.39 is 11.6 Å². The number of nitrogens with one attached hydrogen (secondary N) is 1. The van der Waals surface area contributed by atoms with E-state index in [4.69, 9.17) is 9.57 Å². The Morgan fingerprint density at radius 2 is 1.89 bits per heavy atom. The Morgan fingerprint density at radius 3 is 2.46 bits per heavy atom. The first-order valence-corrected chi connectivity index (χ1v) is 9.26. The molecule has 0 aliphatic rings. The van der Waals surface area contributed by atoms with Crippen LogP contribution >= 0.6 is 0 Å². The Hall–Kier alpha value is -2.80. The lowest BCUT2D eigenvalue weighted by Crippen LogP contribution is -2.27. The first-order valence-electron chi connectivity index (χ1n) is 9.26. The molecule has 0 saturated carbocycles. The first-order chi connectivity index (χ1) is 13.2. The molecular weight excluding hydrogens is 358 g/mol. The number of benzene rings is 1. The van der Waals surface area contributed by atoms with Crippen LogP contribution in [0.3, 0.4) is 0 Å². The summed E-state index contributed by atoms with van der Waals surface area (Å²) in [5.41, 5.74) is 4.86. The van der Waals surface area contributed by atoms with Crippen molar-refractivity contribution in [3.63, 3.8) is 0 Å². The molecule has 0 bridgehead atoms. The van der Waals surface area contributed by atoms with Gasteiger partial charge in [-0.3, -0.25) is 4.84 Å². The number of carbonyl (C=O) groups excluding carboxylic acids is 1. The van der Waals surface area contributed by atoms with Gasteiger partial charge in [-0.15, -0.1) is 0 Å². The van der Waals surface area contributed by atoms with Gasteiger partial charge in [0.1, 0.15) is 11.3 Å². The molecule has 1 heterocycles. The summed E-state index contributed by atoms with van der Waals surface area (Å²) in [7, 11) is 0. The van der Waals surface area contributed by atoms with Crippen molar-refractivity contribution in [2.45, 2.75) is 53.7 Å². The van der Waals surface area contributed by atoms with Gasteiger partial charge in [0.25, 0.3) is 0 Å². The van der Waals surface area contributed by atoms with Gasteiger partial charge in [-0.2, -0.15) is 10.7 Å². The molecule has 7 nitrogen and oxygen atoms in total. The molecular formula is C21H29N3O4. The molecule has 0 radical (unpaired) electrons. The first kappa shape index (κ1) is 21.5. The molecule has 0 atom stereocenters. The van der Waals surface area contributed by atoms with Gasteiger partial charge >= 0.3 is 5.97 Å². The lowest BCUT2D eigenvalue weighted by atomic mass is 10.2. The zero-order valence-corrected chi connectivity index (χ0v) is 17.4. The molecule has 1 aromatic carbocycles. The van der Waals surface area contributed by atoms with E-state index >= 15 is 0 Å². The molecule has 0 amide bonds. The predicted octanol–water partition coefficient (Wildman–Crippen LogP) is 3.77. The highest BCUT2D eigenvalue weighted by molar-refractivity contribution is 6.05. The maximum absolute atomic E-state index is 12.4. The van der Waals surface area contributed by atoms with Crippen LogP contribution in [-0.2, 0) is 16.1 Å². The fraction of sp³-hybridized carbons (Fsp3) is 0.429. The molecule has 2 N–H and O–H groups in total. The van der Waals surface area contributed by atoms with Crippen LogP contribution in [0, 0.1) is 6.92 Å². The van der Waals surface area contributed by atoms with Crippen LogP contribution in [0.15, 0.2) is 35.4 Å². The normalized spacial score (nSPS) is 12.1. The van der Waals surface area contributed by atoms with Gasteiger partial charge in [0, 0.05) is 12.2 Å². The van der Waals surface area contributed by atoms with Gasteiger partial charge in [-0.1, -0.05) is 30.3 Å². The summed E-state index contributed by atoms with van der Waals surface area (Å²) >= 11 is 0.